The number of nitrogens with zero attached hydrogens (tertiary/aromatic N) is 3. The average Bonchev–Trinajstić information content (AvgIpc) is 2.68. The Morgan fingerprint density at radius 2 is 1.96 bits per heavy atom. The molecule has 2 aromatic heterocycles. The topological polar surface area (TPSA) is 83.1 Å². The van der Waals surface area contributed by atoms with Crippen molar-refractivity contribution in [1.82, 2.24) is 19.9 Å². The number of H-pyrrole nitrogens is 1. The number of ether oxygens (including phenoxy) is 1. The number of aromatic nitrogens is 3. The molecule has 0 spiro atoms. The van der Waals surface area contributed by atoms with Crippen molar-refractivity contribution in [3.05, 3.63) is 58.6 Å². The lowest BCUT2D eigenvalue weighted by Gasteiger charge is -2.26. The SMILES string of the molecule is O=c1nc2ncccc2c(Nc2ccc(CCN3CCOCC3)cc2)[nH]1. The molecule has 1 aromatic carbocycles. The third-order valence-electron chi connectivity index (χ3n) is 4.54. The van der Waals surface area contributed by atoms with Gasteiger partial charge in [0.25, 0.3) is 0 Å². The van der Waals surface area contributed by atoms with E-state index in [0.717, 1.165) is 50.3 Å². The van der Waals surface area contributed by atoms with E-state index in [4.69, 9.17) is 4.74 Å². The molecule has 0 bridgehead atoms. The second kappa shape index (κ2) is 7.63. The molecule has 1 saturated heterocycles. The minimum atomic E-state index is -0.416. The molecule has 26 heavy (non-hydrogen) atoms. The van der Waals surface area contributed by atoms with Crippen LogP contribution in [0.5, 0.6) is 0 Å². The first-order valence-electron chi connectivity index (χ1n) is 8.79. The van der Waals surface area contributed by atoms with Crippen LogP contribution in [0.2, 0.25) is 0 Å². The largest absolute Gasteiger partial charge is 0.379 e. The van der Waals surface area contributed by atoms with Gasteiger partial charge in [0.2, 0.25) is 0 Å². The zero-order valence-corrected chi connectivity index (χ0v) is 14.4. The number of fused-ring (bicyclic) bond motifs is 1. The summed E-state index contributed by atoms with van der Waals surface area (Å²) in [4.78, 5) is 24.9. The van der Waals surface area contributed by atoms with E-state index < -0.39 is 5.69 Å². The molecule has 7 nitrogen and oxygen atoms in total. The Morgan fingerprint density at radius 1 is 1.15 bits per heavy atom. The third-order valence-corrected chi connectivity index (χ3v) is 4.54. The first-order valence-corrected chi connectivity index (χ1v) is 8.79. The van der Waals surface area contributed by atoms with Crippen LogP contribution < -0.4 is 11.0 Å². The van der Waals surface area contributed by atoms with Crippen molar-refractivity contribution < 1.29 is 4.74 Å². The Labute approximate surface area is 151 Å². The maximum Gasteiger partial charge on any atom is 0.348 e. The van der Waals surface area contributed by atoms with E-state index in [1.807, 2.05) is 24.3 Å². The minimum absolute atomic E-state index is 0.416. The average molecular weight is 351 g/mol. The van der Waals surface area contributed by atoms with Crippen molar-refractivity contribution in [2.45, 2.75) is 6.42 Å². The monoisotopic (exact) mass is 351 g/mol. The molecule has 3 aromatic rings. The lowest BCUT2D eigenvalue weighted by Crippen LogP contribution is -2.37. The van der Waals surface area contributed by atoms with Gasteiger partial charge in [-0.2, -0.15) is 4.98 Å². The molecule has 1 aliphatic rings. The summed E-state index contributed by atoms with van der Waals surface area (Å²) >= 11 is 0. The molecule has 1 fully saturated rings. The van der Waals surface area contributed by atoms with E-state index in [9.17, 15) is 4.79 Å². The molecule has 1 aliphatic heterocycles. The van der Waals surface area contributed by atoms with Gasteiger partial charge in [0, 0.05) is 31.5 Å². The van der Waals surface area contributed by atoms with Crippen molar-refractivity contribution in [3.63, 3.8) is 0 Å². The number of anilines is 2. The number of pyridine rings is 1. The summed E-state index contributed by atoms with van der Waals surface area (Å²) in [5.74, 6) is 0.606. The van der Waals surface area contributed by atoms with Crippen LogP contribution in [0.1, 0.15) is 5.56 Å². The molecule has 134 valence electrons. The Morgan fingerprint density at radius 3 is 2.77 bits per heavy atom. The van der Waals surface area contributed by atoms with Gasteiger partial charge in [-0.25, -0.2) is 9.78 Å². The summed E-state index contributed by atoms with van der Waals surface area (Å²) in [6, 6.07) is 12.0. The van der Waals surface area contributed by atoms with Gasteiger partial charge in [0.15, 0.2) is 5.65 Å². The van der Waals surface area contributed by atoms with Crippen molar-refractivity contribution >= 4 is 22.5 Å². The number of aromatic amines is 1. The Balaban J connectivity index is 1.45. The van der Waals surface area contributed by atoms with E-state index in [2.05, 4.69) is 37.3 Å². The molecular weight excluding hydrogens is 330 g/mol. The molecule has 2 N–H and O–H groups in total. The van der Waals surface area contributed by atoms with Crippen LogP contribution in [0.15, 0.2) is 47.4 Å². The van der Waals surface area contributed by atoms with Gasteiger partial charge >= 0.3 is 5.69 Å². The third kappa shape index (κ3) is 3.89. The molecule has 0 aliphatic carbocycles. The molecule has 0 saturated carbocycles. The smallest absolute Gasteiger partial charge is 0.348 e. The summed E-state index contributed by atoms with van der Waals surface area (Å²) in [5.41, 5.74) is 2.21. The summed E-state index contributed by atoms with van der Waals surface area (Å²) in [6.07, 6.45) is 2.64. The Kier molecular flexibility index (Phi) is 4.90. The van der Waals surface area contributed by atoms with Crippen LogP contribution >= 0.6 is 0 Å². The predicted molar refractivity (Wildman–Crippen MR) is 101 cm³/mol. The molecule has 0 amide bonds. The number of benzene rings is 1. The second-order valence-electron chi connectivity index (χ2n) is 6.32. The highest BCUT2D eigenvalue weighted by atomic mass is 16.5. The van der Waals surface area contributed by atoms with Crippen molar-refractivity contribution in [2.24, 2.45) is 0 Å². The van der Waals surface area contributed by atoms with Crippen LogP contribution in [-0.2, 0) is 11.2 Å². The van der Waals surface area contributed by atoms with E-state index in [0.29, 0.717) is 11.5 Å². The number of hydrogen-bond acceptors (Lipinski definition) is 6. The summed E-state index contributed by atoms with van der Waals surface area (Å²) in [6.45, 7) is 4.72. The van der Waals surface area contributed by atoms with E-state index in [1.54, 1.807) is 6.20 Å². The van der Waals surface area contributed by atoms with Gasteiger partial charge in [0.1, 0.15) is 5.82 Å². The zero-order valence-electron chi connectivity index (χ0n) is 14.4. The summed E-state index contributed by atoms with van der Waals surface area (Å²) < 4.78 is 5.38. The lowest BCUT2D eigenvalue weighted by molar-refractivity contribution is 0.0384. The Bertz CT molecular complexity index is 933. The fraction of sp³-hybridized carbons (Fsp3) is 0.316. The van der Waals surface area contributed by atoms with Crippen LogP contribution in [0.3, 0.4) is 0 Å². The number of morpholine rings is 1. The van der Waals surface area contributed by atoms with Crippen LogP contribution in [0, 0.1) is 0 Å². The predicted octanol–water partition coefficient (Wildman–Crippen LogP) is 1.94. The molecule has 0 radical (unpaired) electrons. The maximum atomic E-state index is 11.7. The molecule has 3 heterocycles. The highest BCUT2D eigenvalue weighted by Crippen LogP contribution is 2.21. The zero-order chi connectivity index (χ0) is 17.8. The molecule has 7 heteroatoms. The second-order valence-corrected chi connectivity index (χ2v) is 6.32. The highest BCUT2D eigenvalue weighted by molar-refractivity contribution is 5.87. The normalized spacial score (nSPS) is 15.2. The van der Waals surface area contributed by atoms with Crippen LogP contribution in [0.25, 0.3) is 11.0 Å². The van der Waals surface area contributed by atoms with Crippen LogP contribution in [-0.4, -0.2) is 52.7 Å². The minimum Gasteiger partial charge on any atom is -0.379 e. The number of rotatable bonds is 5. The van der Waals surface area contributed by atoms with Gasteiger partial charge in [-0.05, 0) is 36.2 Å². The van der Waals surface area contributed by atoms with E-state index in [1.165, 1.54) is 5.56 Å². The Hall–Kier alpha value is -2.77. The first kappa shape index (κ1) is 16.7. The van der Waals surface area contributed by atoms with Gasteiger partial charge < -0.3 is 10.1 Å². The van der Waals surface area contributed by atoms with Gasteiger partial charge in [0.05, 0.1) is 18.6 Å². The number of nitrogens with one attached hydrogen (secondary N) is 2. The number of hydrogen-bond donors (Lipinski definition) is 2. The summed E-state index contributed by atoms with van der Waals surface area (Å²) in [7, 11) is 0. The molecule has 0 atom stereocenters. The van der Waals surface area contributed by atoms with Crippen molar-refractivity contribution in [3.8, 4) is 0 Å². The van der Waals surface area contributed by atoms with Gasteiger partial charge in [-0.15, -0.1) is 0 Å². The lowest BCUT2D eigenvalue weighted by atomic mass is 10.1. The van der Waals surface area contributed by atoms with Crippen molar-refractivity contribution in [1.29, 1.82) is 0 Å². The molecule has 4 rings (SSSR count). The summed E-state index contributed by atoms with van der Waals surface area (Å²) in [5, 5.41) is 4.04. The fourth-order valence-electron chi connectivity index (χ4n) is 3.09. The fourth-order valence-corrected chi connectivity index (χ4v) is 3.09. The molecular formula is C19H21N5O2. The highest BCUT2D eigenvalue weighted by Gasteiger charge is 2.10. The maximum absolute atomic E-state index is 11.7. The molecule has 0 unspecified atom stereocenters. The van der Waals surface area contributed by atoms with Gasteiger partial charge in [-0.1, -0.05) is 12.1 Å². The van der Waals surface area contributed by atoms with Crippen molar-refractivity contribution in [2.75, 3.05) is 38.2 Å². The quantitative estimate of drug-likeness (QED) is 0.731. The van der Waals surface area contributed by atoms with E-state index >= 15 is 0 Å². The van der Waals surface area contributed by atoms with Crippen LogP contribution in [0.4, 0.5) is 11.5 Å². The van der Waals surface area contributed by atoms with E-state index in [-0.39, 0.29) is 0 Å². The van der Waals surface area contributed by atoms with Gasteiger partial charge in [-0.3, -0.25) is 9.88 Å². The first-order chi connectivity index (χ1) is 12.8. The standard InChI is InChI=1S/C19H21N5O2/c25-19-22-17-16(2-1-8-20-17)18(23-19)21-15-5-3-14(4-6-15)7-9-24-10-12-26-13-11-24/h1-6,8H,7,9-13H2,(H2,20,21,22,23,25).